The summed E-state index contributed by atoms with van der Waals surface area (Å²) < 4.78 is 39.1. The summed E-state index contributed by atoms with van der Waals surface area (Å²) in [5, 5.41) is 13.7. The standard InChI is InChI=1S/C31H47NO9/c1-8-16(3)25(34)41-21-18-12-28(35)22(21)29(13-19(18)36-6)31(39-15-38-29)24(40-17(4)33)23-27(5)11-10-20(37-7)30(23,28)26(31)32(9-2)14-27/h16,18-24,26,35H,8-15H2,1-7H3/t16-,18-,19+,20+,21+,22+,23-,24+,26+,27+,28+,29-,30-,31-/m1/s1. The summed E-state index contributed by atoms with van der Waals surface area (Å²) in [6, 6.07) is -0.323. The van der Waals surface area contributed by atoms with E-state index in [1.807, 2.05) is 13.8 Å². The van der Waals surface area contributed by atoms with Gasteiger partial charge in [-0.05, 0) is 37.6 Å². The fraction of sp³-hybridized carbons (Fsp3) is 0.935. The molecule has 0 aromatic rings. The molecule has 2 aliphatic heterocycles. The van der Waals surface area contributed by atoms with Gasteiger partial charge in [0.25, 0.3) is 0 Å². The van der Waals surface area contributed by atoms with Gasteiger partial charge in [-0.25, -0.2) is 0 Å². The lowest BCUT2D eigenvalue weighted by molar-refractivity contribution is -0.331. The maximum atomic E-state index is 13.7. The number of rotatable bonds is 7. The van der Waals surface area contributed by atoms with Crippen LogP contribution in [0, 0.1) is 34.5 Å². The van der Waals surface area contributed by atoms with Gasteiger partial charge in [-0.15, -0.1) is 0 Å². The quantitative estimate of drug-likeness (QED) is 0.452. The molecule has 230 valence electrons. The first kappa shape index (κ1) is 28.5. The molecule has 14 atom stereocenters. The largest absolute Gasteiger partial charge is 0.461 e. The third-order valence-electron chi connectivity index (χ3n) is 13.2. The molecule has 5 aliphatic carbocycles. The number of ether oxygens (including phenoxy) is 6. The molecule has 0 radical (unpaired) electrons. The average molecular weight is 578 g/mol. The second-order valence-electron chi connectivity index (χ2n) is 14.4. The molecule has 10 heteroatoms. The van der Waals surface area contributed by atoms with Crippen LogP contribution >= 0.6 is 0 Å². The zero-order chi connectivity index (χ0) is 29.3. The summed E-state index contributed by atoms with van der Waals surface area (Å²) in [5.41, 5.74) is -4.65. The number of piperidine rings is 1. The van der Waals surface area contributed by atoms with E-state index in [4.69, 9.17) is 28.4 Å². The third kappa shape index (κ3) is 2.92. The zero-order valence-electron chi connectivity index (χ0n) is 25.5. The average Bonchev–Trinajstić information content (AvgIpc) is 3.48. The van der Waals surface area contributed by atoms with E-state index >= 15 is 0 Å². The lowest BCUT2D eigenvalue weighted by Crippen LogP contribution is -2.85. The second kappa shape index (κ2) is 8.88. The lowest BCUT2D eigenvalue weighted by atomic mass is 9.41. The smallest absolute Gasteiger partial charge is 0.308 e. The van der Waals surface area contributed by atoms with Gasteiger partial charge in [0.15, 0.2) is 5.60 Å². The van der Waals surface area contributed by atoms with Crippen molar-refractivity contribution < 1.29 is 43.1 Å². The molecule has 7 aliphatic rings. The summed E-state index contributed by atoms with van der Waals surface area (Å²) in [6.45, 7) is 11.3. The van der Waals surface area contributed by atoms with E-state index in [-0.39, 0.29) is 60.2 Å². The number of methoxy groups -OCH3 is 2. The molecule has 10 nitrogen and oxygen atoms in total. The number of hydrogen-bond donors (Lipinski definition) is 1. The third-order valence-corrected chi connectivity index (χ3v) is 13.2. The van der Waals surface area contributed by atoms with Crippen molar-refractivity contribution in [1.82, 2.24) is 4.90 Å². The van der Waals surface area contributed by atoms with E-state index < -0.39 is 40.3 Å². The monoisotopic (exact) mass is 577 g/mol. The van der Waals surface area contributed by atoms with Crippen LogP contribution in [0.4, 0.5) is 0 Å². The number of esters is 2. The van der Waals surface area contributed by atoms with Gasteiger partial charge in [-0.1, -0.05) is 27.7 Å². The molecule has 7 bridgehead atoms. The van der Waals surface area contributed by atoms with Crippen LogP contribution in [0.5, 0.6) is 0 Å². The topological polar surface area (TPSA) is 113 Å². The molecule has 1 N–H and O–H groups in total. The van der Waals surface area contributed by atoms with Crippen molar-refractivity contribution in [3.05, 3.63) is 0 Å². The van der Waals surface area contributed by atoms with Gasteiger partial charge in [0, 0.05) is 45.9 Å². The van der Waals surface area contributed by atoms with Crippen LogP contribution in [-0.4, -0.2) is 103 Å². The molecule has 2 heterocycles. The van der Waals surface area contributed by atoms with E-state index in [1.165, 1.54) is 6.92 Å². The molecule has 7 rings (SSSR count). The van der Waals surface area contributed by atoms with Crippen molar-refractivity contribution in [3.63, 3.8) is 0 Å². The zero-order valence-corrected chi connectivity index (χ0v) is 25.5. The number of carbonyl (C=O) groups is 2. The highest BCUT2D eigenvalue weighted by atomic mass is 16.7. The van der Waals surface area contributed by atoms with Crippen molar-refractivity contribution in [2.75, 3.05) is 34.1 Å². The van der Waals surface area contributed by atoms with Crippen LogP contribution in [0.25, 0.3) is 0 Å². The number of likely N-dealkylation sites (N-methyl/N-ethyl adjacent to an activating group) is 1. The summed E-state index contributed by atoms with van der Waals surface area (Å²) >= 11 is 0. The van der Waals surface area contributed by atoms with Crippen LogP contribution in [-0.2, 0) is 38.0 Å². The Morgan fingerprint density at radius 2 is 1.85 bits per heavy atom. The first-order valence-corrected chi connectivity index (χ1v) is 15.6. The Morgan fingerprint density at radius 3 is 2.49 bits per heavy atom. The normalized spacial score (nSPS) is 54.9. The van der Waals surface area contributed by atoms with Gasteiger partial charge in [0.2, 0.25) is 0 Å². The molecule has 41 heavy (non-hydrogen) atoms. The predicted octanol–water partition coefficient (Wildman–Crippen LogP) is 2.29. The fourth-order valence-electron chi connectivity index (χ4n) is 12.0. The molecule has 7 fully saturated rings. The summed E-state index contributed by atoms with van der Waals surface area (Å²) in [5.74, 6) is -1.95. The Balaban J connectivity index is 1.54. The Kier molecular flexibility index (Phi) is 6.17. The van der Waals surface area contributed by atoms with E-state index in [2.05, 4.69) is 18.7 Å². The molecule has 3 spiro atoms. The first-order chi connectivity index (χ1) is 19.5. The van der Waals surface area contributed by atoms with Crippen molar-refractivity contribution in [3.8, 4) is 0 Å². The number of aliphatic hydroxyl groups is 1. The summed E-state index contributed by atoms with van der Waals surface area (Å²) in [4.78, 5) is 28.8. The molecule has 0 aromatic heterocycles. The second-order valence-corrected chi connectivity index (χ2v) is 14.4. The molecule has 0 aromatic carbocycles. The Morgan fingerprint density at radius 1 is 1.10 bits per heavy atom. The van der Waals surface area contributed by atoms with Gasteiger partial charge in [0.1, 0.15) is 24.6 Å². The van der Waals surface area contributed by atoms with E-state index in [0.717, 1.165) is 25.9 Å². The molecular weight excluding hydrogens is 530 g/mol. The highest BCUT2D eigenvalue weighted by molar-refractivity contribution is 5.72. The fourth-order valence-corrected chi connectivity index (χ4v) is 12.0. The SMILES string of the molecule is CC[C@@H](C)C(=O)O[C@H]1[C@@H]2C[C@]3(O)[C@H]1[C@@]1(C[C@@H]2OC)OCO[C@]12[C@H]1N(CC)C[C@]4(C)CC[C@H](OC)[C@@]13[C@@H]4[C@@H]2OC(C)=O. The van der Waals surface area contributed by atoms with Crippen molar-refractivity contribution in [1.29, 1.82) is 0 Å². The maximum absolute atomic E-state index is 13.7. The van der Waals surface area contributed by atoms with Crippen molar-refractivity contribution in [2.45, 2.75) is 114 Å². The molecule has 0 unspecified atom stereocenters. The van der Waals surface area contributed by atoms with Crippen LogP contribution < -0.4 is 0 Å². The number of nitrogens with zero attached hydrogens (tertiary/aromatic N) is 1. The minimum absolute atomic E-state index is 0.00267. The van der Waals surface area contributed by atoms with E-state index in [0.29, 0.717) is 19.3 Å². The van der Waals surface area contributed by atoms with Crippen molar-refractivity contribution >= 4 is 11.9 Å². The van der Waals surface area contributed by atoms with E-state index in [1.54, 1.807) is 14.2 Å². The van der Waals surface area contributed by atoms with Gasteiger partial charge >= 0.3 is 11.9 Å². The lowest BCUT2D eigenvalue weighted by Gasteiger charge is -2.71. The Labute approximate surface area is 242 Å². The highest BCUT2D eigenvalue weighted by Crippen LogP contribution is 2.83. The summed E-state index contributed by atoms with van der Waals surface area (Å²) in [7, 11) is 3.41. The van der Waals surface area contributed by atoms with Crippen LogP contribution in [0.2, 0.25) is 0 Å². The van der Waals surface area contributed by atoms with Crippen LogP contribution in [0.1, 0.15) is 66.7 Å². The minimum Gasteiger partial charge on any atom is -0.461 e. The number of carbonyl (C=O) groups excluding carboxylic acids is 2. The molecule has 0 amide bonds. The molecule has 5 saturated carbocycles. The summed E-state index contributed by atoms with van der Waals surface area (Å²) in [6.07, 6.45) is 1.22. The Bertz CT molecular complexity index is 1130. The number of hydrogen-bond acceptors (Lipinski definition) is 10. The Hall–Kier alpha value is -1.30. The predicted molar refractivity (Wildman–Crippen MR) is 144 cm³/mol. The molecular formula is C31H47NO9. The first-order valence-electron chi connectivity index (χ1n) is 15.6. The number of fused-ring (bicyclic) bond motifs is 1. The van der Waals surface area contributed by atoms with E-state index in [9.17, 15) is 14.7 Å². The van der Waals surface area contributed by atoms with Gasteiger partial charge < -0.3 is 33.5 Å². The molecule has 2 saturated heterocycles. The van der Waals surface area contributed by atoms with Crippen LogP contribution in [0.3, 0.4) is 0 Å². The van der Waals surface area contributed by atoms with Crippen molar-refractivity contribution in [2.24, 2.45) is 34.5 Å². The number of likely N-dealkylation sites (tertiary alicyclic amines) is 1. The van der Waals surface area contributed by atoms with Gasteiger partial charge in [-0.3, -0.25) is 14.5 Å². The highest BCUT2D eigenvalue weighted by Gasteiger charge is 2.98. The van der Waals surface area contributed by atoms with Gasteiger partial charge in [0.05, 0.1) is 41.1 Å². The minimum atomic E-state index is -1.34. The van der Waals surface area contributed by atoms with Gasteiger partial charge in [-0.2, -0.15) is 0 Å². The van der Waals surface area contributed by atoms with Crippen LogP contribution in [0.15, 0.2) is 0 Å². The maximum Gasteiger partial charge on any atom is 0.308 e.